The number of carbonyl (C=O) groups is 1. The van der Waals surface area contributed by atoms with Gasteiger partial charge >= 0.3 is 0 Å². The molecule has 1 aliphatic carbocycles. The van der Waals surface area contributed by atoms with Gasteiger partial charge in [0.1, 0.15) is 5.69 Å². The molecule has 1 fully saturated rings. The highest BCUT2D eigenvalue weighted by Crippen LogP contribution is 2.34. The molecule has 6 nitrogen and oxygen atoms in total. The van der Waals surface area contributed by atoms with Crippen molar-refractivity contribution >= 4 is 5.91 Å². The number of ether oxygens (including phenoxy) is 2. The van der Waals surface area contributed by atoms with Crippen molar-refractivity contribution < 1.29 is 23.0 Å². The molecule has 0 bridgehead atoms. The molecule has 194 valence electrons. The number of halogens is 2. The van der Waals surface area contributed by atoms with Crippen LogP contribution in [0.2, 0.25) is 0 Å². The van der Waals surface area contributed by atoms with Crippen LogP contribution in [0.3, 0.4) is 0 Å². The lowest BCUT2D eigenvalue weighted by Gasteiger charge is -2.35. The van der Waals surface area contributed by atoms with E-state index in [0.717, 1.165) is 74.0 Å². The molecule has 37 heavy (non-hydrogen) atoms. The van der Waals surface area contributed by atoms with Gasteiger partial charge in [0.25, 0.3) is 5.91 Å². The summed E-state index contributed by atoms with van der Waals surface area (Å²) in [7, 11) is 0. The topological polar surface area (TPSA) is 46.9 Å². The Labute approximate surface area is 215 Å². The summed E-state index contributed by atoms with van der Waals surface area (Å²) in [6, 6.07) is 10.0. The predicted molar refractivity (Wildman–Crippen MR) is 135 cm³/mol. The van der Waals surface area contributed by atoms with E-state index in [1.54, 1.807) is 6.07 Å². The number of fused-ring (bicyclic) bond motifs is 2. The minimum absolute atomic E-state index is 0.0252. The zero-order chi connectivity index (χ0) is 25.5. The first-order valence-corrected chi connectivity index (χ1v) is 13.0. The van der Waals surface area contributed by atoms with Crippen LogP contribution in [-0.2, 0) is 25.9 Å². The van der Waals surface area contributed by atoms with Gasteiger partial charge < -0.3 is 18.9 Å². The smallest absolute Gasteiger partial charge is 0.270 e. The van der Waals surface area contributed by atoms with Gasteiger partial charge in [0, 0.05) is 45.0 Å². The zero-order valence-corrected chi connectivity index (χ0v) is 21.1. The van der Waals surface area contributed by atoms with Gasteiger partial charge in [-0.25, -0.2) is 8.78 Å². The highest BCUT2D eigenvalue weighted by molar-refractivity contribution is 5.95. The van der Waals surface area contributed by atoms with Crippen LogP contribution in [-0.4, -0.2) is 53.2 Å². The quantitative estimate of drug-likeness (QED) is 0.503. The molecule has 8 heteroatoms. The molecular formula is C29H31F2N3O3. The molecule has 0 saturated carbocycles. The second-order valence-electron chi connectivity index (χ2n) is 10.2. The van der Waals surface area contributed by atoms with Crippen LogP contribution in [0.15, 0.2) is 36.4 Å². The van der Waals surface area contributed by atoms with E-state index < -0.39 is 11.6 Å². The van der Waals surface area contributed by atoms with Crippen molar-refractivity contribution in [1.82, 2.24) is 14.4 Å². The van der Waals surface area contributed by atoms with E-state index in [0.29, 0.717) is 30.9 Å². The Kier molecular flexibility index (Phi) is 6.36. The molecule has 0 spiro atoms. The third-order valence-corrected chi connectivity index (χ3v) is 7.87. The summed E-state index contributed by atoms with van der Waals surface area (Å²) in [6.07, 6.45) is 4.03. The van der Waals surface area contributed by atoms with Gasteiger partial charge in [-0.15, -0.1) is 0 Å². The van der Waals surface area contributed by atoms with Crippen molar-refractivity contribution in [2.24, 2.45) is 0 Å². The van der Waals surface area contributed by atoms with Crippen molar-refractivity contribution in [2.45, 2.75) is 45.7 Å². The van der Waals surface area contributed by atoms with E-state index in [1.807, 2.05) is 24.0 Å². The Hall–Kier alpha value is -3.39. The maximum absolute atomic E-state index is 14.0. The van der Waals surface area contributed by atoms with Crippen LogP contribution in [0.5, 0.6) is 11.5 Å². The number of benzene rings is 2. The summed E-state index contributed by atoms with van der Waals surface area (Å²) >= 11 is 0. The Morgan fingerprint density at radius 1 is 0.865 bits per heavy atom. The number of nitrogens with zero attached hydrogens (tertiary/aromatic N) is 3. The van der Waals surface area contributed by atoms with E-state index >= 15 is 0 Å². The molecule has 1 aromatic heterocycles. The number of carbonyl (C=O) groups excluding carboxylic acids is 1. The molecule has 3 aromatic rings. The number of amides is 1. The lowest BCUT2D eigenvalue weighted by molar-refractivity contribution is 0.0617. The SMILES string of the molecule is Cc1c2c(n(Cc3ccc(F)c(F)c3)c1C(=O)N1CCN(Cc3ccc4c(c3)OCO4)CC1)CCCC2. The van der Waals surface area contributed by atoms with Crippen molar-refractivity contribution in [3.8, 4) is 11.5 Å². The molecule has 3 aliphatic rings. The fourth-order valence-electron chi connectivity index (χ4n) is 5.90. The Balaban J connectivity index is 1.20. The highest BCUT2D eigenvalue weighted by atomic mass is 19.2. The van der Waals surface area contributed by atoms with E-state index in [2.05, 4.69) is 15.5 Å². The van der Waals surface area contributed by atoms with Crippen LogP contribution in [0.1, 0.15) is 51.3 Å². The van der Waals surface area contributed by atoms with Crippen molar-refractivity contribution in [3.63, 3.8) is 0 Å². The lowest BCUT2D eigenvalue weighted by atomic mass is 9.95. The summed E-state index contributed by atoms with van der Waals surface area (Å²) in [5.74, 6) is -0.125. The third kappa shape index (κ3) is 4.59. The molecule has 0 atom stereocenters. The molecule has 0 N–H and O–H groups in total. The van der Waals surface area contributed by atoms with Crippen molar-refractivity contribution in [1.29, 1.82) is 0 Å². The fraction of sp³-hybridized carbons (Fsp3) is 0.414. The fourth-order valence-corrected chi connectivity index (χ4v) is 5.90. The summed E-state index contributed by atoms with van der Waals surface area (Å²) in [6.45, 7) is 6.30. The van der Waals surface area contributed by atoms with Gasteiger partial charge in [-0.2, -0.15) is 0 Å². The lowest BCUT2D eigenvalue weighted by Crippen LogP contribution is -2.48. The normalized spacial score (nSPS) is 17.2. The Morgan fingerprint density at radius 2 is 1.59 bits per heavy atom. The minimum Gasteiger partial charge on any atom is -0.454 e. The largest absolute Gasteiger partial charge is 0.454 e. The first kappa shape index (κ1) is 24.0. The number of aromatic nitrogens is 1. The van der Waals surface area contributed by atoms with E-state index in [9.17, 15) is 13.6 Å². The summed E-state index contributed by atoms with van der Waals surface area (Å²) in [5.41, 5.74) is 5.96. The summed E-state index contributed by atoms with van der Waals surface area (Å²) < 4.78 is 40.5. The molecule has 1 saturated heterocycles. The molecular weight excluding hydrogens is 476 g/mol. The van der Waals surface area contributed by atoms with Crippen LogP contribution in [0, 0.1) is 18.6 Å². The van der Waals surface area contributed by atoms with Crippen LogP contribution >= 0.6 is 0 Å². The van der Waals surface area contributed by atoms with Crippen molar-refractivity contribution in [2.75, 3.05) is 33.0 Å². The van der Waals surface area contributed by atoms with Gasteiger partial charge in [-0.3, -0.25) is 9.69 Å². The molecule has 1 amide bonds. The minimum atomic E-state index is -0.860. The number of hydrogen-bond donors (Lipinski definition) is 0. The summed E-state index contributed by atoms with van der Waals surface area (Å²) in [4.78, 5) is 18.2. The predicted octanol–water partition coefficient (Wildman–Crippen LogP) is 4.69. The number of rotatable bonds is 5. The molecule has 0 radical (unpaired) electrons. The number of piperazine rings is 1. The molecule has 6 rings (SSSR count). The number of hydrogen-bond acceptors (Lipinski definition) is 4. The van der Waals surface area contributed by atoms with Gasteiger partial charge in [-0.05, 0) is 79.1 Å². The molecule has 3 heterocycles. The monoisotopic (exact) mass is 507 g/mol. The average molecular weight is 508 g/mol. The van der Waals surface area contributed by atoms with Crippen molar-refractivity contribution in [3.05, 3.63) is 81.7 Å². The molecule has 0 unspecified atom stereocenters. The maximum atomic E-state index is 14.0. The maximum Gasteiger partial charge on any atom is 0.270 e. The zero-order valence-electron chi connectivity index (χ0n) is 21.1. The first-order chi connectivity index (χ1) is 18.0. The first-order valence-electron chi connectivity index (χ1n) is 13.0. The van der Waals surface area contributed by atoms with Gasteiger partial charge in [0.2, 0.25) is 6.79 Å². The second kappa shape index (κ2) is 9.82. The van der Waals surface area contributed by atoms with Crippen LogP contribution < -0.4 is 9.47 Å². The standard InChI is InChI=1S/C29H31F2N3O3/c1-19-22-4-2-3-5-25(22)34(17-20-6-8-23(30)24(31)14-20)28(19)29(35)33-12-10-32(11-13-33)16-21-7-9-26-27(15-21)37-18-36-26/h6-9,14-15H,2-5,10-13,16-18H2,1H3. The van der Waals surface area contributed by atoms with E-state index in [4.69, 9.17) is 9.47 Å². The van der Waals surface area contributed by atoms with Gasteiger partial charge in [-0.1, -0.05) is 12.1 Å². The van der Waals surface area contributed by atoms with E-state index in [1.165, 1.54) is 17.3 Å². The van der Waals surface area contributed by atoms with Gasteiger partial charge in [0.15, 0.2) is 23.1 Å². The second-order valence-corrected chi connectivity index (χ2v) is 10.2. The van der Waals surface area contributed by atoms with E-state index in [-0.39, 0.29) is 12.7 Å². The van der Waals surface area contributed by atoms with Gasteiger partial charge in [0.05, 0.1) is 0 Å². The Morgan fingerprint density at radius 3 is 2.41 bits per heavy atom. The molecule has 2 aromatic carbocycles. The van der Waals surface area contributed by atoms with Crippen LogP contribution in [0.4, 0.5) is 8.78 Å². The molecule has 2 aliphatic heterocycles. The highest BCUT2D eigenvalue weighted by Gasteiger charge is 2.31. The Bertz CT molecular complexity index is 1340. The summed E-state index contributed by atoms with van der Waals surface area (Å²) in [5, 5.41) is 0. The van der Waals surface area contributed by atoms with Crippen LogP contribution in [0.25, 0.3) is 0 Å². The average Bonchev–Trinajstić information content (AvgIpc) is 3.49. The third-order valence-electron chi connectivity index (χ3n) is 7.87.